The van der Waals surface area contributed by atoms with Gasteiger partial charge in [0, 0.05) is 17.4 Å². The first-order chi connectivity index (χ1) is 9.83. The van der Waals surface area contributed by atoms with Crippen molar-refractivity contribution in [1.29, 1.82) is 0 Å². The van der Waals surface area contributed by atoms with Crippen LogP contribution in [0, 0.1) is 11.8 Å². The summed E-state index contributed by atoms with van der Waals surface area (Å²) < 4.78 is 10.8. The topological polar surface area (TPSA) is 59.9 Å². The summed E-state index contributed by atoms with van der Waals surface area (Å²) in [5.74, 6) is 1.91. The van der Waals surface area contributed by atoms with Crippen molar-refractivity contribution in [2.24, 2.45) is 16.9 Å². The molecule has 20 heavy (non-hydrogen) atoms. The van der Waals surface area contributed by atoms with Gasteiger partial charge in [0.15, 0.2) is 11.5 Å². The van der Waals surface area contributed by atoms with Gasteiger partial charge in [-0.3, -0.25) is 4.79 Å². The summed E-state index contributed by atoms with van der Waals surface area (Å²) in [5.41, 5.74) is 4.67. The lowest BCUT2D eigenvalue weighted by molar-refractivity contribution is -0.127. The Balaban J connectivity index is 1.71. The van der Waals surface area contributed by atoms with E-state index in [0.717, 1.165) is 48.5 Å². The first-order valence-electron chi connectivity index (χ1n) is 7.10. The van der Waals surface area contributed by atoms with Gasteiger partial charge >= 0.3 is 0 Å². The highest BCUT2D eigenvalue weighted by molar-refractivity contribution is 6.07. The van der Waals surface area contributed by atoms with Crippen LogP contribution in [0.5, 0.6) is 11.5 Å². The van der Waals surface area contributed by atoms with Crippen LogP contribution in [0.4, 0.5) is 0 Å². The minimum atomic E-state index is 0.0687. The molecule has 0 aromatic heterocycles. The zero-order valence-corrected chi connectivity index (χ0v) is 11.1. The first kappa shape index (κ1) is 11.8. The fourth-order valence-electron chi connectivity index (χ4n) is 3.39. The summed E-state index contributed by atoms with van der Waals surface area (Å²) in [7, 11) is 0. The Hall–Kier alpha value is -2.04. The molecule has 5 nitrogen and oxygen atoms in total. The van der Waals surface area contributed by atoms with Gasteiger partial charge in [-0.25, -0.2) is 5.43 Å². The standard InChI is InChI=1S/C15H16N2O3/c18-15-11-4-2-1-3-10(11)14(16-17-15)9-5-6-12-13(7-9)20-8-19-12/h5-7,10-11H,1-4,8H2,(H,17,18). The Morgan fingerprint density at radius 3 is 2.80 bits per heavy atom. The average Bonchev–Trinajstić information content (AvgIpc) is 2.95. The molecule has 0 spiro atoms. The average molecular weight is 272 g/mol. The number of amides is 1. The summed E-state index contributed by atoms with van der Waals surface area (Å²) in [5, 5.41) is 4.31. The lowest BCUT2D eigenvalue weighted by Crippen LogP contribution is -2.43. The molecule has 4 rings (SSSR count). The van der Waals surface area contributed by atoms with Gasteiger partial charge in [0.1, 0.15) is 0 Å². The number of nitrogens with one attached hydrogen (secondary N) is 1. The number of benzene rings is 1. The molecule has 1 saturated carbocycles. The maximum Gasteiger partial charge on any atom is 0.243 e. The van der Waals surface area contributed by atoms with Gasteiger partial charge in [0.05, 0.1) is 5.71 Å². The summed E-state index contributed by atoms with van der Waals surface area (Å²) >= 11 is 0. The molecule has 0 bridgehead atoms. The fraction of sp³-hybridized carbons (Fsp3) is 0.467. The van der Waals surface area contributed by atoms with Crippen molar-refractivity contribution in [2.75, 3.05) is 6.79 Å². The van der Waals surface area contributed by atoms with E-state index in [-0.39, 0.29) is 24.5 Å². The van der Waals surface area contributed by atoms with Crippen LogP contribution in [0.15, 0.2) is 23.3 Å². The number of hydrogen-bond acceptors (Lipinski definition) is 4. The second-order valence-electron chi connectivity index (χ2n) is 5.54. The van der Waals surface area contributed by atoms with Crippen LogP contribution >= 0.6 is 0 Å². The third kappa shape index (κ3) is 1.77. The van der Waals surface area contributed by atoms with Gasteiger partial charge in [-0.1, -0.05) is 12.8 Å². The molecule has 1 aliphatic carbocycles. The quantitative estimate of drug-likeness (QED) is 0.851. The maximum atomic E-state index is 11.9. The van der Waals surface area contributed by atoms with Gasteiger partial charge in [-0.05, 0) is 31.0 Å². The molecule has 2 unspecified atom stereocenters. The first-order valence-corrected chi connectivity index (χ1v) is 7.10. The van der Waals surface area contributed by atoms with E-state index in [2.05, 4.69) is 10.5 Å². The van der Waals surface area contributed by atoms with Gasteiger partial charge in [0.2, 0.25) is 12.7 Å². The molecule has 1 N–H and O–H groups in total. The zero-order chi connectivity index (χ0) is 13.5. The zero-order valence-electron chi connectivity index (χ0n) is 11.1. The van der Waals surface area contributed by atoms with Crippen molar-refractivity contribution in [2.45, 2.75) is 25.7 Å². The molecule has 5 heteroatoms. The summed E-state index contributed by atoms with van der Waals surface area (Å²) in [4.78, 5) is 11.9. The molecule has 1 amide bonds. The normalized spacial score (nSPS) is 27.6. The van der Waals surface area contributed by atoms with Crippen LogP contribution in [0.2, 0.25) is 0 Å². The van der Waals surface area contributed by atoms with Crippen LogP contribution in [-0.4, -0.2) is 18.4 Å². The molecule has 0 radical (unpaired) electrons. The number of ether oxygens (including phenoxy) is 2. The predicted octanol–water partition coefficient (Wildman–Crippen LogP) is 2.06. The Morgan fingerprint density at radius 2 is 1.90 bits per heavy atom. The van der Waals surface area contributed by atoms with Gasteiger partial charge in [0.25, 0.3) is 0 Å². The van der Waals surface area contributed by atoms with Crippen LogP contribution < -0.4 is 14.9 Å². The van der Waals surface area contributed by atoms with E-state index in [1.54, 1.807) is 0 Å². The fourth-order valence-corrected chi connectivity index (χ4v) is 3.39. The van der Waals surface area contributed by atoms with E-state index in [1.807, 2.05) is 18.2 Å². The van der Waals surface area contributed by atoms with Crippen molar-refractivity contribution >= 4 is 11.6 Å². The predicted molar refractivity (Wildman–Crippen MR) is 72.7 cm³/mol. The monoisotopic (exact) mass is 272 g/mol. The molecular weight excluding hydrogens is 256 g/mol. The van der Waals surface area contributed by atoms with Crippen LogP contribution in [0.3, 0.4) is 0 Å². The summed E-state index contributed by atoms with van der Waals surface area (Å²) in [6, 6.07) is 5.87. The second-order valence-corrected chi connectivity index (χ2v) is 5.54. The van der Waals surface area contributed by atoms with Crippen molar-refractivity contribution in [3.8, 4) is 11.5 Å². The van der Waals surface area contributed by atoms with E-state index < -0.39 is 0 Å². The lowest BCUT2D eigenvalue weighted by Gasteiger charge is -2.34. The molecule has 1 aromatic rings. The van der Waals surface area contributed by atoms with Crippen molar-refractivity contribution in [3.63, 3.8) is 0 Å². The van der Waals surface area contributed by atoms with E-state index in [4.69, 9.17) is 9.47 Å². The van der Waals surface area contributed by atoms with Crippen LogP contribution in [0.1, 0.15) is 31.2 Å². The Morgan fingerprint density at radius 1 is 1.10 bits per heavy atom. The van der Waals surface area contributed by atoms with Crippen molar-refractivity contribution < 1.29 is 14.3 Å². The van der Waals surface area contributed by atoms with Crippen LogP contribution in [-0.2, 0) is 4.79 Å². The highest BCUT2D eigenvalue weighted by Crippen LogP contribution is 2.38. The van der Waals surface area contributed by atoms with Gasteiger partial charge in [-0.2, -0.15) is 5.10 Å². The maximum absolute atomic E-state index is 11.9. The molecule has 104 valence electrons. The third-order valence-electron chi connectivity index (χ3n) is 4.41. The number of hydrogen-bond donors (Lipinski definition) is 1. The molecule has 1 fully saturated rings. The van der Waals surface area contributed by atoms with Gasteiger partial charge in [-0.15, -0.1) is 0 Å². The molecule has 0 saturated heterocycles. The summed E-state index contributed by atoms with van der Waals surface area (Å²) in [6.07, 6.45) is 4.28. The van der Waals surface area contributed by atoms with Crippen molar-refractivity contribution in [1.82, 2.24) is 5.43 Å². The van der Waals surface area contributed by atoms with Gasteiger partial charge < -0.3 is 9.47 Å². The minimum absolute atomic E-state index is 0.0687. The number of carbonyl (C=O) groups is 1. The molecule has 3 aliphatic rings. The second kappa shape index (κ2) is 4.51. The number of fused-ring (bicyclic) bond motifs is 2. The highest BCUT2D eigenvalue weighted by Gasteiger charge is 2.38. The Kier molecular flexibility index (Phi) is 2.65. The molecule has 1 aromatic carbocycles. The molecular formula is C15H16N2O3. The van der Waals surface area contributed by atoms with E-state index in [0.29, 0.717) is 0 Å². The highest BCUT2D eigenvalue weighted by atomic mass is 16.7. The number of hydrazone groups is 1. The van der Waals surface area contributed by atoms with E-state index in [1.165, 1.54) is 0 Å². The van der Waals surface area contributed by atoms with Crippen molar-refractivity contribution in [3.05, 3.63) is 23.8 Å². The minimum Gasteiger partial charge on any atom is -0.454 e. The molecule has 2 heterocycles. The molecule has 2 aliphatic heterocycles. The largest absolute Gasteiger partial charge is 0.454 e. The van der Waals surface area contributed by atoms with E-state index >= 15 is 0 Å². The lowest BCUT2D eigenvalue weighted by atomic mass is 9.74. The number of carbonyl (C=O) groups excluding carboxylic acids is 1. The number of rotatable bonds is 1. The number of nitrogens with zero attached hydrogens (tertiary/aromatic N) is 1. The van der Waals surface area contributed by atoms with E-state index in [9.17, 15) is 4.79 Å². The smallest absolute Gasteiger partial charge is 0.243 e. The SMILES string of the molecule is O=C1NN=C(c2ccc3c(c2)OCO3)C2CCCCC12. The Bertz CT molecular complexity index is 597. The Labute approximate surface area is 117 Å². The molecule has 2 atom stereocenters. The van der Waals surface area contributed by atoms with Crippen LogP contribution in [0.25, 0.3) is 0 Å². The summed E-state index contributed by atoms with van der Waals surface area (Å²) in [6.45, 7) is 0.272. The third-order valence-corrected chi connectivity index (χ3v) is 4.41.